The molecule has 0 radical (unpaired) electrons. The molecule has 2 saturated heterocycles. The molecule has 4 unspecified atom stereocenters. The Hall–Kier alpha value is -5.38. The van der Waals surface area contributed by atoms with Crippen LogP contribution in [0.1, 0.15) is 95.9 Å². The SMILES string of the molecule is CN(CCN(C(=O)OC(C)(C)C)C(=O)OC(C)(C)C)C(=O)Cl.COc1ccc2c3c1OC1C(=O)CCC4(O)[C@@H](C2)N(C)CC[C@]314.COc1ccc2c3c1OC1C(OC(=O)N(C)CCN)=CCC4(O)[C@@H](C2)N(C)CC[C@]314. The highest BCUT2D eigenvalue weighted by Crippen LogP contribution is 2.66. The second kappa shape index (κ2) is 20.2. The molecule has 1 saturated carbocycles. The maximum Gasteiger partial charge on any atom is 0.419 e. The number of ether oxygens (including phenoxy) is 7. The van der Waals surface area contributed by atoms with Gasteiger partial charge in [-0.25, -0.2) is 19.3 Å². The number of carbonyl (C=O) groups is 5. The first-order chi connectivity index (χ1) is 35.1. The number of benzene rings is 2. The Balaban J connectivity index is 0.000000152. The van der Waals surface area contributed by atoms with E-state index < -0.39 is 69.1 Å². The summed E-state index contributed by atoms with van der Waals surface area (Å²) in [6, 6.07) is 8.02. The monoisotopic (exact) mass is 1070 g/mol. The van der Waals surface area contributed by atoms with E-state index in [-0.39, 0.29) is 31.0 Å². The number of methoxy groups -OCH3 is 2. The van der Waals surface area contributed by atoms with Crippen LogP contribution < -0.4 is 24.7 Å². The molecule has 4 aliphatic carbocycles. The molecule has 2 aromatic carbocycles. The number of piperidine rings is 2. The van der Waals surface area contributed by atoms with Crippen LogP contribution in [0.25, 0.3) is 0 Å². The Labute approximate surface area is 444 Å². The molecule has 4 aliphatic heterocycles. The number of likely N-dealkylation sites (tertiary alicyclic amines) is 2. The van der Waals surface area contributed by atoms with E-state index in [1.54, 1.807) is 62.8 Å². The van der Waals surface area contributed by atoms with Gasteiger partial charge in [0.1, 0.15) is 17.0 Å². The van der Waals surface area contributed by atoms with Gasteiger partial charge in [-0.2, -0.15) is 0 Å². The van der Waals surface area contributed by atoms with Crippen LogP contribution in [0.2, 0.25) is 0 Å². The predicted octanol–water partition coefficient (Wildman–Crippen LogP) is 5.50. The Bertz CT molecular complexity index is 2610. The van der Waals surface area contributed by atoms with Crippen molar-refractivity contribution >= 4 is 41.0 Å². The van der Waals surface area contributed by atoms with Crippen molar-refractivity contribution in [2.45, 2.75) is 144 Å². The van der Waals surface area contributed by atoms with Crippen molar-refractivity contribution in [3.63, 3.8) is 0 Å². The van der Waals surface area contributed by atoms with Crippen molar-refractivity contribution in [2.24, 2.45) is 5.73 Å². The zero-order chi connectivity index (χ0) is 55.0. The lowest BCUT2D eigenvalue weighted by molar-refractivity contribution is -0.185. The van der Waals surface area contributed by atoms with E-state index in [4.69, 9.17) is 50.5 Å². The summed E-state index contributed by atoms with van der Waals surface area (Å²) in [5.41, 5.74) is 5.31. The van der Waals surface area contributed by atoms with Gasteiger partial charge in [-0.05, 0) is 142 Å². The van der Waals surface area contributed by atoms with Crippen molar-refractivity contribution < 1.29 is 67.3 Å². The molecule has 8 atom stereocenters. The van der Waals surface area contributed by atoms with Gasteiger partial charge in [0.25, 0.3) is 0 Å². The van der Waals surface area contributed by atoms with Crippen molar-refractivity contribution in [3.8, 4) is 23.0 Å². The average molecular weight is 1070 g/mol. The van der Waals surface area contributed by atoms with Gasteiger partial charge in [0, 0.05) is 69.8 Å². The molecule has 2 aromatic rings. The molecule has 4 bridgehead atoms. The van der Waals surface area contributed by atoms with E-state index in [0.717, 1.165) is 48.4 Å². The Morgan fingerprint density at radius 3 is 1.71 bits per heavy atom. The van der Waals surface area contributed by atoms with Crippen molar-refractivity contribution in [3.05, 3.63) is 58.4 Å². The number of nitrogens with two attached hydrogens (primary N) is 1. The lowest BCUT2D eigenvalue weighted by atomic mass is 9.49. The molecular weight excluding hydrogens is 992 g/mol. The number of imide groups is 1. The smallest absolute Gasteiger partial charge is 0.419 e. The molecule has 412 valence electrons. The quantitative estimate of drug-likeness (QED) is 0.168. The second-order valence-corrected chi connectivity index (χ2v) is 23.4. The van der Waals surface area contributed by atoms with Gasteiger partial charge in [-0.3, -0.25) is 9.59 Å². The molecule has 4 N–H and O–H groups in total. The van der Waals surface area contributed by atoms with Crippen LogP contribution in [-0.4, -0.2) is 193 Å². The number of hydrogen-bond acceptors (Lipinski definition) is 17. The largest absolute Gasteiger partial charge is 0.493 e. The molecular formula is C54H75ClN6O14. The van der Waals surface area contributed by atoms with Gasteiger partial charge < -0.3 is 68.7 Å². The molecule has 75 heavy (non-hydrogen) atoms. The molecule has 8 aliphatic rings. The third-order valence-electron chi connectivity index (χ3n) is 16.5. The standard InChI is InChI=1S/C22H29N3O5.C18H21NO4.C14H25ClN2O5/c1-24-10-8-21-17-13-4-5-14(28-3)18(17)30-19(21)15(29-20(26)25(2)11-9-23)6-7-22(21,27)16(24)12-13;1-19-8-7-17-14-10-3-4-12(22-2)15(14)23-16(17)11(20)5-6-18(17,21)13(19)9-10;1-13(2,3)21-11(19)17(9-8-16(7)10(15)18)12(20)22-14(4,5)6/h4-6,16,19,27H,7-12,23H2,1-3H3;3-4,13,16,21H,5-9H2,1-2H3;8-9H2,1-7H3/t16-,19?,21+,22?;13-,16?,17+,18?;/m11./s1. The van der Waals surface area contributed by atoms with E-state index in [2.05, 4.69) is 36.0 Å². The Morgan fingerprint density at radius 2 is 1.23 bits per heavy atom. The number of Topliss-reactive ketones (excluding diaryl/α,β-unsaturated/α-hetero) is 1. The van der Waals surface area contributed by atoms with Gasteiger partial charge >= 0.3 is 23.6 Å². The summed E-state index contributed by atoms with van der Waals surface area (Å²) in [7, 11) is 10.5. The molecule has 2 spiro atoms. The van der Waals surface area contributed by atoms with Crippen LogP contribution in [0, 0.1) is 0 Å². The summed E-state index contributed by atoms with van der Waals surface area (Å²) < 4.78 is 39.8. The first-order valence-electron chi connectivity index (χ1n) is 25.7. The third-order valence-corrected chi connectivity index (χ3v) is 16.7. The van der Waals surface area contributed by atoms with Gasteiger partial charge in [-0.15, -0.1) is 0 Å². The zero-order valence-corrected chi connectivity index (χ0v) is 46.1. The molecule has 20 nitrogen and oxygen atoms in total. The summed E-state index contributed by atoms with van der Waals surface area (Å²) in [5, 5.41) is 23.2. The minimum absolute atomic E-state index is 0.0300. The second-order valence-electron chi connectivity index (χ2n) is 23.1. The number of hydrogen-bond donors (Lipinski definition) is 3. The van der Waals surface area contributed by atoms with Gasteiger partial charge in [0.15, 0.2) is 41.0 Å². The number of likely N-dealkylation sites (N-methyl/N-ethyl adjacent to an activating group) is 4. The summed E-state index contributed by atoms with van der Waals surface area (Å²) in [6.45, 7) is 12.6. The fourth-order valence-corrected chi connectivity index (χ4v) is 13.1. The minimum Gasteiger partial charge on any atom is -0.493 e. The maximum absolute atomic E-state index is 12.7. The molecule has 4 amide bonds. The van der Waals surface area contributed by atoms with Gasteiger partial charge in [0.2, 0.25) is 0 Å². The highest BCUT2D eigenvalue weighted by atomic mass is 35.5. The highest BCUT2D eigenvalue weighted by molar-refractivity contribution is 6.62. The number of amides is 4. The number of nitrogens with zero attached hydrogens (tertiary/aromatic N) is 5. The molecule has 0 aromatic heterocycles. The third kappa shape index (κ3) is 9.34. The lowest BCUT2D eigenvalue weighted by Gasteiger charge is -2.62. The normalized spacial score (nSPS) is 29.2. The molecule has 4 heterocycles. The van der Waals surface area contributed by atoms with Gasteiger partial charge in [0.05, 0.1) is 42.8 Å². The number of halogens is 1. The topological polar surface area (TPSA) is 233 Å². The van der Waals surface area contributed by atoms with E-state index in [1.807, 2.05) is 18.2 Å². The Kier molecular flexibility index (Phi) is 15.0. The number of ketones is 1. The Morgan fingerprint density at radius 1 is 0.733 bits per heavy atom. The number of carbonyl (C=O) groups excluding carboxylic acids is 5. The predicted molar refractivity (Wildman–Crippen MR) is 276 cm³/mol. The summed E-state index contributed by atoms with van der Waals surface area (Å²) in [6.07, 6.45) is 2.86. The zero-order valence-electron chi connectivity index (χ0n) is 45.4. The maximum atomic E-state index is 12.7. The number of rotatable bonds is 8. The summed E-state index contributed by atoms with van der Waals surface area (Å²) in [5.74, 6) is 3.24. The molecule has 10 rings (SSSR count). The van der Waals surface area contributed by atoms with Crippen LogP contribution in [0.5, 0.6) is 23.0 Å². The minimum atomic E-state index is -1.01. The van der Waals surface area contributed by atoms with Crippen LogP contribution in [0.3, 0.4) is 0 Å². The fraction of sp³-hybridized carbons (Fsp3) is 0.648. The van der Waals surface area contributed by atoms with E-state index in [0.29, 0.717) is 67.5 Å². The van der Waals surface area contributed by atoms with Crippen molar-refractivity contribution in [2.75, 3.05) is 81.7 Å². The first kappa shape index (κ1) is 55.8. The lowest BCUT2D eigenvalue weighted by Crippen LogP contribution is -2.76. The van der Waals surface area contributed by atoms with Crippen molar-refractivity contribution in [1.82, 2.24) is 24.5 Å². The van der Waals surface area contributed by atoms with E-state index in [1.165, 1.54) is 28.0 Å². The van der Waals surface area contributed by atoms with Crippen LogP contribution >= 0.6 is 11.6 Å². The van der Waals surface area contributed by atoms with Crippen LogP contribution in [-0.2, 0) is 42.7 Å². The van der Waals surface area contributed by atoms with E-state index >= 15 is 0 Å². The van der Waals surface area contributed by atoms with Crippen LogP contribution in [0.15, 0.2) is 36.1 Å². The average Bonchev–Trinajstić information content (AvgIpc) is 3.90. The fourth-order valence-electron chi connectivity index (χ4n) is 13.0. The van der Waals surface area contributed by atoms with E-state index in [9.17, 15) is 34.2 Å². The first-order valence-corrected chi connectivity index (χ1v) is 26.1. The van der Waals surface area contributed by atoms with Crippen molar-refractivity contribution in [1.29, 1.82) is 0 Å². The van der Waals surface area contributed by atoms with Gasteiger partial charge in [-0.1, -0.05) is 12.1 Å². The summed E-state index contributed by atoms with van der Waals surface area (Å²) >= 11 is 5.32. The number of aliphatic hydroxyl groups is 2. The van der Waals surface area contributed by atoms with Crippen LogP contribution in [0.4, 0.5) is 19.2 Å². The molecule has 21 heteroatoms. The highest BCUT2D eigenvalue weighted by Gasteiger charge is 2.74. The molecule has 3 fully saturated rings. The summed E-state index contributed by atoms with van der Waals surface area (Å²) in [4.78, 5) is 68.5.